The molecule has 1 heterocycles. The van der Waals surface area contributed by atoms with Gasteiger partial charge in [-0.2, -0.15) is 0 Å². The fourth-order valence-corrected chi connectivity index (χ4v) is 2.85. The third kappa shape index (κ3) is 3.25. The number of hydrogen-bond donors (Lipinski definition) is 1. The topological polar surface area (TPSA) is 53.4 Å². The summed E-state index contributed by atoms with van der Waals surface area (Å²) < 4.78 is 0. The van der Waals surface area contributed by atoms with Gasteiger partial charge in [-0.25, -0.2) is 9.78 Å². The van der Waals surface area contributed by atoms with Gasteiger partial charge < -0.3 is 10.0 Å². The van der Waals surface area contributed by atoms with Crippen LogP contribution in [0.4, 0.5) is 5.82 Å². The molecule has 0 unspecified atom stereocenters. The van der Waals surface area contributed by atoms with Crippen LogP contribution in [-0.4, -0.2) is 29.1 Å². The molecule has 1 aromatic rings. The second-order valence-corrected chi connectivity index (χ2v) is 5.40. The van der Waals surface area contributed by atoms with Gasteiger partial charge in [-0.3, -0.25) is 0 Å². The number of pyridine rings is 1. The number of aromatic nitrogens is 1. The zero-order valence-electron chi connectivity index (χ0n) is 11.7. The van der Waals surface area contributed by atoms with Crippen molar-refractivity contribution >= 4 is 11.8 Å². The van der Waals surface area contributed by atoms with E-state index in [0.29, 0.717) is 6.04 Å². The molecule has 1 aliphatic rings. The molecule has 0 amide bonds. The van der Waals surface area contributed by atoms with Gasteiger partial charge in [0.1, 0.15) is 5.82 Å². The van der Waals surface area contributed by atoms with Crippen LogP contribution in [-0.2, 0) is 0 Å². The molecule has 0 saturated heterocycles. The second-order valence-electron chi connectivity index (χ2n) is 5.40. The van der Waals surface area contributed by atoms with Crippen LogP contribution in [0.15, 0.2) is 18.3 Å². The number of carboxylic acids is 1. The minimum absolute atomic E-state index is 0.242. The lowest BCUT2D eigenvalue weighted by atomic mass is 9.84. The number of nitrogens with zero attached hydrogens (tertiary/aromatic N) is 2. The summed E-state index contributed by atoms with van der Waals surface area (Å²) in [6.45, 7) is 2.26. The average Bonchev–Trinajstić information content (AvgIpc) is 2.46. The number of anilines is 1. The molecule has 1 aliphatic carbocycles. The van der Waals surface area contributed by atoms with E-state index in [2.05, 4.69) is 23.9 Å². The molecule has 4 nitrogen and oxygen atoms in total. The van der Waals surface area contributed by atoms with Gasteiger partial charge in [0.05, 0.1) is 5.56 Å². The summed E-state index contributed by atoms with van der Waals surface area (Å²) in [5.74, 6) is 0.821. The quantitative estimate of drug-likeness (QED) is 0.905. The van der Waals surface area contributed by atoms with Crippen LogP contribution in [0.1, 0.15) is 49.4 Å². The van der Waals surface area contributed by atoms with Crippen LogP contribution in [0.3, 0.4) is 0 Å². The van der Waals surface area contributed by atoms with Gasteiger partial charge >= 0.3 is 5.97 Å². The van der Waals surface area contributed by atoms with Crippen molar-refractivity contribution in [1.29, 1.82) is 0 Å². The zero-order chi connectivity index (χ0) is 13.8. The van der Waals surface area contributed by atoms with Crippen molar-refractivity contribution < 1.29 is 9.90 Å². The minimum atomic E-state index is -0.926. The first-order valence-electron chi connectivity index (χ1n) is 7.04. The number of aromatic carboxylic acids is 1. The van der Waals surface area contributed by atoms with E-state index in [-0.39, 0.29) is 5.56 Å². The van der Waals surface area contributed by atoms with Crippen LogP contribution in [0, 0.1) is 5.92 Å². The number of carboxylic acid groups (broad SMARTS) is 1. The molecule has 2 rings (SSSR count). The maximum Gasteiger partial charge on any atom is 0.337 e. The Morgan fingerprint density at radius 3 is 2.53 bits per heavy atom. The van der Waals surface area contributed by atoms with Gasteiger partial charge in [-0.1, -0.05) is 13.3 Å². The molecule has 19 heavy (non-hydrogen) atoms. The van der Waals surface area contributed by atoms with Gasteiger partial charge in [-0.05, 0) is 43.7 Å². The number of carbonyl (C=O) groups is 1. The summed E-state index contributed by atoms with van der Waals surface area (Å²) in [5, 5.41) is 8.87. The molecule has 1 aromatic heterocycles. The van der Waals surface area contributed by atoms with E-state index in [1.807, 2.05) is 0 Å². The summed E-state index contributed by atoms with van der Waals surface area (Å²) >= 11 is 0. The van der Waals surface area contributed by atoms with E-state index in [4.69, 9.17) is 5.11 Å². The first-order valence-corrected chi connectivity index (χ1v) is 7.04. The van der Waals surface area contributed by atoms with Crippen molar-refractivity contribution in [3.05, 3.63) is 23.9 Å². The highest BCUT2D eigenvalue weighted by Gasteiger charge is 2.23. The van der Waals surface area contributed by atoms with Gasteiger partial charge in [0.25, 0.3) is 0 Å². The molecule has 0 radical (unpaired) electrons. The smallest absolute Gasteiger partial charge is 0.337 e. The molecule has 0 aliphatic heterocycles. The molecule has 0 bridgehead atoms. The van der Waals surface area contributed by atoms with Crippen molar-refractivity contribution in [2.24, 2.45) is 5.92 Å². The van der Waals surface area contributed by atoms with E-state index >= 15 is 0 Å². The molecular formula is C15H22N2O2. The molecule has 104 valence electrons. The van der Waals surface area contributed by atoms with E-state index in [1.165, 1.54) is 38.3 Å². The van der Waals surface area contributed by atoms with E-state index < -0.39 is 5.97 Å². The Morgan fingerprint density at radius 1 is 1.37 bits per heavy atom. The summed E-state index contributed by atoms with van der Waals surface area (Å²) in [6, 6.07) is 3.96. The Hall–Kier alpha value is -1.58. The molecule has 0 spiro atoms. The molecule has 1 saturated carbocycles. The van der Waals surface area contributed by atoms with Crippen LogP contribution >= 0.6 is 0 Å². The lowest BCUT2D eigenvalue weighted by Gasteiger charge is -2.35. The molecule has 1 N–H and O–H groups in total. The zero-order valence-corrected chi connectivity index (χ0v) is 11.7. The SMILES string of the molecule is CCC1CCC(N(C)c2ccc(C(=O)O)cn2)CC1. The fourth-order valence-electron chi connectivity index (χ4n) is 2.85. The lowest BCUT2D eigenvalue weighted by Crippen LogP contribution is -2.35. The van der Waals surface area contributed by atoms with Crippen molar-refractivity contribution in [2.45, 2.75) is 45.1 Å². The van der Waals surface area contributed by atoms with Crippen molar-refractivity contribution in [2.75, 3.05) is 11.9 Å². The van der Waals surface area contributed by atoms with Gasteiger partial charge in [0.2, 0.25) is 0 Å². The summed E-state index contributed by atoms with van der Waals surface area (Å²) in [4.78, 5) is 17.3. The normalized spacial score (nSPS) is 23.1. The summed E-state index contributed by atoms with van der Waals surface area (Å²) in [5.41, 5.74) is 0.242. The molecule has 0 aromatic carbocycles. The highest BCUT2D eigenvalue weighted by atomic mass is 16.4. The van der Waals surface area contributed by atoms with Gasteiger partial charge in [0.15, 0.2) is 0 Å². The number of hydrogen-bond acceptors (Lipinski definition) is 3. The largest absolute Gasteiger partial charge is 0.478 e. The Labute approximate surface area is 114 Å². The first-order chi connectivity index (χ1) is 9.11. The summed E-state index contributed by atoms with van der Waals surface area (Å²) in [7, 11) is 2.06. The molecule has 1 fully saturated rings. The van der Waals surface area contributed by atoms with E-state index in [1.54, 1.807) is 12.1 Å². The Kier molecular flexibility index (Phi) is 4.40. The van der Waals surface area contributed by atoms with Gasteiger partial charge in [-0.15, -0.1) is 0 Å². The highest BCUT2D eigenvalue weighted by molar-refractivity contribution is 5.87. The Bertz CT molecular complexity index is 422. The van der Waals surface area contributed by atoms with Crippen LogP contribution in [0.5, 0.6) is 0 Å². The van der Waals surface area contributed by atoms with Crippen LogP contribution < -0.4 is 4.90 Å². The van der Waals surface area contributed by atoms with Crippen molar-refractivity contribution in [1.82, 2.24) is 4.98 Å². The average molecular weight is 262 g/mol. The highest BCUT2D eigenvalue weighted by Crippen LogP contribution is 2.30. The van der Waals surface area contributed by atoms with E-state index in [0.717, 1.165) is 11.7 Å². The first kappa shape index (κ1) is 13.8. The number of rotatable bonds is 4. The van der Waals surface area contributed by atoms with Crippen LogP contribution in [0.2, 0.25) is 0 Å². The molecule has 4 heteroatoms. The maximum absolute atomic E-state index is 10.8. The Morgan fingerprint density at radius 2 is 2.05 bits per heavy atom. The molecular weight excluding hydrogens is 240 g/mol. The second kappa shape index (κ2) is 6.04. The van der Waals surface area contributed by atoms with Crippen molar-refractivity contribution in [3.8, 4) is 0 Å². The third-order valence-corrected chi connectivity index (χ3v) is 4.30. The van der Waals surface area contributed by atoms with Crippen LogP contribution in [0.25, 0.3) is 0 Å². The predicted octanol–water partition coefficient (Wildman–Crippen LogP) is 3.18. The predicted molar refractivity (Wildman–Crippen MR) is 75.6 cm³/mol. The Balaban J connectivity index is 1.99. The standard InChI is InChI=1S/C15H22N2O2/c1-3-11-4-7-13(8-5-11)17(2)14-9-6-12(10-16-14)15(18)19/h6,9-11,13H,3-5,7-8H2,1-2H3,(H,18,19). The fraction of sp³-hybridized carbons (Fsp3) is 0.600. The minimum Gasteiger partial charge on any atom is -0.478 e. The van der Waals surface area contributed by atoms with Gasteiger partial charge in [0, 0.05) is 19.3 Å². The molecule has 0 atom stereocenters. The monoisotopic (exact) mass is 262 g/mol. The third-order valence-electron chi connectivity index (χ3n) is 4.30. The van der Waals surface area contributed by atoms with E-state index in [9.17, 15) is 4.79 Å². The maximum atomic E-state index is 10.8. The summed E-state index contributed by atoms with van der Waals surface area (Å²) in [6.07, 6.45) is 7.71. The van der Waals surface area contributed by atoms with Crippen molar-refractivity contribution in [3.63, 3.8) is 0 Å². The lowest BCUT2D eigenvalue weighted by molar-refractivity contribution is 0.0696.